The van der Waals surface area contributed by atoms with Crippen LogP contribution < -0.4 is 0 Å². The second-order valence-corrected chi connectivity index (χ2v) is 7.15. The molecule has 88 valence electrons. The quantitative estimate of drug-likeness (QED) is 0.860. The fourth-order valence-electron chi connectivity index (χ4n) is 1.13. The van der Waals surface area contributed by atoms with E-state index < -0.39 is 20.6 Å². The molecule has 5 heteroatoms. The van der Waals surface area contributed by atoms with Crippen molar-refractivity contribution in [2.45, 2.75) is 30.4 Å². The molecule has 0 bridgehead atoms. The van der Waals surface area contributed by atoms with Gasteiger partial charge in [0.25, 0.3) is 0 Å². The zero-order chi connectivity index (χ0) is 12.6. The van der Waals surface area contributed by atoms with Crippen molar-refractivity contribution in [3.63, 3.8) is 0 Å². The first kappa shape index (κ1) is 12.7. The molecule has 1 aromatic rings. The van der Waals surface area contributed by atoms with Crippen LogP contribution in [0.2, 0.25) is 0 Å². The monoisotopic (exact) mass is 242 g/mol. The predicted molar refractivity (Wildman–Crippen MR) is 60.3 cm³/mol. The lowest BCUT2D eigenvalue weighted by Gasteiger charge is -2.19. The Bertz CT molecular complexity index is 492. The van der Waals surface area contributed by atoms with Gasteiger partial charge in [-0.1, -0.05) is 0 Å². The fraction of sp³-hybridized carbons (Fsp3) is 0.364. The summed E-state index contributed by atoms with van der Waals surface area (Å²) in [6, 6.07) is 5.23. The van der Waals surface area contributed by atoms with Gasteiger partial charge in [0.1, 0.15) is 0 Å². The highest BCUT2D eigenvalue weighted by molar-refractivity contribution is 7.92. The number of carboxylic acid groups (broad SMARTS) is 1. The van der Waals surface area contributed by atoms with Gasteiger partial charge in [0.2, 0.25) is 0 Å². The van der Waals surface area contributed by atoms with Crippen LogP contribution in [0.25, 0.3) is 0 Å². The number of hydrogen-bond acceptors (Lipinski definition) is 3. The number of rotatable bonds is 2. The lowest BCUT2D eigenvalue weighted by atomic mass is 10.2. The highest BCUT2D eigenvalue weighted by atomic mass is 32.2. The third-order valence-electron chi connectivity index (χ3n) is 2.22. The first-order valence-electron chi connectivity index (χ1n) is 4.74. The Morgan fingerprint density at radius 2 is 1.56 bits per heavy atom. The summed E-state index contributed by atoms with van der Waals surface area (Å²) in [5.41, 5.74) is 0.0767. The van der Waals surface area contributed by atoms with Gasteiger partial charge in [0.05, 0.1) is 15.2 Å². The van der Waals surface area contributed by atoms with E-state index in [0.29, 0.717) is 0 Å². The van der Waals surface area contributed by atoms with Crippen LogP contribution in [-0.2, 0) is 9.84 Å². The van der Waals surface area contributed by atoms with Crippen molar-refractivity contribution in [3.05, 3.63) is 29.8 Å². The van der Waals surface area contributed by atoms with Crippen LogP contribution in [0.4, 0.5) is 0 Å². The predicted octanol–water partition coefficient (Wildman–Crippen LogP) is 1.96. The summed E-state index contributed by atoms with van der Waals surface area (Å²) >= 11 is 0. The molecular weight excluding hydrogens is 228 g/mol. The molecule has 4 nitrogen and oxygen atoms in total. The van der Waals surface area contributed by atoms with E-state index in [1.54, 1.807) is 20.8 Å². The van der Waals surface area contributed by atoms with Gasteiger partial charge in [-0.25, -0.2) is 13.2 Å². The Labute approximate surface area is 94.8 Å². The lowest BCUT2D eigenvalue weighted by Crippen LogP contribution is -2.27. The van der Waals surface area contributed by atoms with Crippen molar-refractivity contribution in [2.24, 2.45) is 0 Å². The van der Waals surface area contributed by atoms with Gasteiger partial charge in [-0.3, -0.25) is 0 Å². The van der Waals surface area contributed by atoms with Crippen molar-refractivity contribution in [3.8, 4) is 0 Å². The summed E-state index contributed by atoms with van der Waals surface area (Å²) in [5.74, 6) is -1.07. The average Bonchev–Trinajstić information content (AvgIpc) is 2.16. The molecule has 0 unspecified atom stereocenters. The van der Waals surface area contributed by atoms with Crippen LogP contribution in [0.1, 0.15) is 31.1 Å². The third kappa shape index (κ3) is 2.24. The van der Waals surface area contributed by atoms with Crippen LogP contribution in [0.15, 0.2) is 29.2 Å². The molecule has 0 aliphatic carbocycles. The number of hydrogen-bond donors (Lipinski definition) is 1. The normalized spacial score (nSPS) is 12.4. The molecule has 1 aromatic carbocycles. The van der Waals surface area contributed by atoms with E-state index in [2.05, 4.69) is 0 Å². The Morgan fingerprint density at radius 3 is 1.88 bits per heavy atom. The van der Waals surface area contributed by atoms with E-state index >= 15 is 0 Å². The molecule has 1 rings (SSSR count). The fourth-order valence-corrected chi connectivity index (χ4v) is 2.33. The number of carbonyl (C=O) groups is 1. The van der Waals surface area contributed by atoms with Crippen LogP contribution in [0.5, 0.6) is 0 Å². The minimum absolute atomic E-state index is 0.0767. The Morgan fingerprint density at radius 1 is 1.12 bits per heavy atom. The zero-order valence-corrected chi connectivity index (χ0v) is 10.2. The van der Waals surface area contributed by atoms with E-state index in [9.17, 15) is 13.2 Å². The first-order valence-corrected chi connectivity index (χ1v) is 6.22. The molecule has 16 heavy (non-hydrogen) atoms. The molecular formula is C11H14O4S. The van der Waals surface area contributed by atoms with Crippen molar-refractivity contribution in [1.82, 2.24) is 0 Å². The smallest absolute Gasteiger partial charge is 0.335 e. The van der Waals surface area contributed by atoms with Crippen LogP contribution in [0, 0.1) is 0 Å². The third-order valence-corrected chi connectivity index (χ3v) is 4.72. The molecule has 1 N–H and O–H groups in total. The molecule has 0 atom stereocenters. The van der Waals surface area contributed by atoms with Gasteiger partial charge in [0.15, 0.2) is 9.84 Å². The molecule has 0 aromatic heterocycles. The van der Waals surface area contributed by atoms with Crippen molar-refractivity contribution < 1.29 is 18.3 Å². The summed E-state index contributed by atoms with van der Waals surface area (Å²) < 4.78 is 23.1. The van der Waals surface area contributed by atoms with Crippen molar-refractivity contribution in [1.29, 1.82) is 0 Å². The molecule has 0 radical (unpaired) electrons. The van der Waals surface area contributed by atoms with Gasteiger partial charge in [0, 0.05) is 0 Å². The average molecular weight is 242 g/mol. The molecule has 0 aliphatic rings. The summed E-state index contributed by atoms with van der Waals surface area (Å²) in [7, 11) is -3.41. The van der Waals surface area contributed by atoms with Crippen molar-refractivity contribution in [2.75, 3.05) is 0 Å². The standard InChI is InChI=1S/C11H14O4S/c1-11(2,3)16(14,15)9-6-4-8(5-7-9)10(12)13/h4-7H,1-3H3,(H,12,13). The van der Waals surface area contributed by atoms with Crippen LogP contribution >= 0.6 is 0 Å². The van der Waals surface area contributed by atoms with E-state index in [1.807, 2.05) is 0 Å². The van der Waals surface area contributed by atoms with Gasteiger partial charge in [-0.05, 0) is 45.0 Å². The largest absolute Gasteiger partial charge is 0.478 e. The minimum atomic E-state index is -3.41. The van der Waals surface area contributed by atoms with Crippen molar-refractivity contribution >= 4 is 15.8 Å². The van der Waals surface area contributed by atoms with Crippen LogP contribution in [-0.4, -0.2) is 24.2 Å². The van der Waals surface area contributed by atoms with E-state index in [4.69, 9.17) is 5.11 Å². The van der Waals surface area contributed by atoms with Gasteiger partial charge in [-0.2, -0.15) is 0 Å². The number of sulfone groups is 1. The summed E-state index contributed by atoms with van der Waals surface area (Å²) in [6.07, 6.45) is 0. The molecule has 0 saturated heterocycles. The Kier molecular flexibility index (Phi) is 3.10. The summed E-state index contributed by atoms with van der Waals surface area (Å²) in [5, 5.41) is 8.69. The molecule has 0 fully saturated rings. The minimum Gasteiger partial charge on any atom is -0.478 e. The molecule has 0 saturated carbocycles. The van der Waals surface area contributed by atoms with Crippen LogP contribution in [0.3, 0.4) is 0 Å². The van der Waals surface area contributed by atoms with E-state index in [0.717, 1.165) is 0 Å². The van der Waals surface area contributed by atoms with Gasteiger partial charge < -0.3 is 5.11 Å². The summed E-state index contributed by atoms with van der Waals surface area (Å²) in [4.78, 5) is 10.8. The van der Waals surface area contributed by atoms with E-state index in [1.165, 1.54) is 24.3 Å². The lowest BCUT2D eigenvalue weighted by molar-refractivity contribution is 0.0697. The maximum absolute atomic E-state index is 12.0. The Balaban J connectivity index is 3.23. The summed E-state index contributed by atoms with van der Waals surface area (Å²) in [6.45, 7) is 4.81. The Hall–Kier alpha value is -1.36. The highest BCUT2D eigenvalue weighted by Crippen LogP contribution is 2.24. The number of aromatic carboxylic acids is 1. The molecule has 0 amide bonds. The van der Waals surface area contributed by atoms with Gasteiger partial charge >= 0.3 is 5.97 Å². The molecule has 0 heterocycles. The highest BCUT2D eigenvalue weighted by Gasteiger charge is 2.30. The van der Waals surface area contributed by atoms with E-state index in [-0.39, 0.29) is 10.5 Å². The molecule has 0 spiro atoms. The maximum Gasteiger partial charge on any atom is 0.335 e. The molecule has 0 aliphatic heterocycles. The second kappa shape index (κ2) is 3.90. The maximum atomic E-state index is 12.0. The number of carboxylic acids is 1. The SMILES string of the molecule is CC(C)(C)S(=O)(=O)c1ccc(C(=O)O)cc1. The second-order valence-electron chi connectivity index (χ2n) is 4.45. The number of benzene rings is 1. The first-order chi connectivity index (χ1) is 7.16. The topological polar surface area (TPSA) is 71.4 Å². The zero-order valence-electron chi connectivity index (χ0n) is 9.39. The van der Waals surface area contributed by atoms with Gasteiger partial charge in [-0.15, -0.1) is 0 Å².